The topological polar surface area (TPSA) is 239 Å². The quantitative estimate of drug-likeness (QED) is 0.0480. The molecule has 418 valence electrons. The number of phenolic OH excluding ortho intramolecular Hbond substituents is 2. The van der Waals surface area contributed by atoms with Crippen molar-refractivity contribution in [2.45, 2.75) is 169 Å². The van der Waals surface area contributed by atoms with Gasteiger partial charge in [-0.05, 0) is 148 Å². The molecule has 0 aliphatic carbocycles. The van der Waals surface area contributed by atoms with Crippen molar-refractivity contribution >= 4 is 15.6 Å². The molecule has 0 amide bonds. The Balaban J connectivity index is 0.000000975. The summed E-state index contributed by atoms with van der Waals surface area (Å²) in [6.45, 7) is 43.7. The summed E-state index contributed by atoms with van der Waals surface area (Å²) in [4.78, 5) is 43.1. The maximum atomic E-state index is 13.3. The van der Waals surface area contributed by atoms with Crippen LogP contribution < -0.4 is 9.47 Å². The van der Waals surface area contributed by atoms with Crippen molar-refractivity contribution < 1.29 is 67.7 Å². The van der Waals surface area contributed by atoms with Gasteiger partial charge in [-0.3, -0.25) is 0 Å². The lowest BCUT2D eigenvalue weighted by atomic mass is 9.64. The van der Waals surface area contributed by atoms with Gasteiger partial charge in [-0.25, -0.2) is 9.13 Å². The van der Waals surface area contributed by atoms with E-state index in [-0.39, 0.29) is 56.2 Å². The van der Waals surface area contributed by atoms with Crippen LogP contribution in [0.25, 0.3) is 44.5 Å². The maximum Gasteiger partial charge on any atom is 0.466 e. The Morgan fingerprint density at radius 1 is 0.421 bits per heavy atom. The highest BCUT2D eigenvalue weighted by molar-refractivity contribution is 7.45. The SMILES string of the molecule is CC(C)(C)c1c(-c2ccc(OCC3CO3)cc2)cc(-c2ccc(O)c(-c3cc(-c4ccc(OCC5CO5)cc4)c(C(C)(C)C)c(C(C)(C)C)c3C(C)(C)C)c2O)c(C(C)(C)C)c1C(C)(C)C.O=P(O)(O)O.O=P(O)(O)O. The van der Waals surface area contributed by atoms with Crippen LogP contribution in [0.4, 0.5) is 0 Å². The van der Waals surface area contributed by atoms with Gasteiger partial charge in [-0.1, -0.05) is 149 Å². The van der Waals surface area contributed by atoms with Crippen LogP contribution in [0.3, 0.4) is 0 Å². The molecule has 2 heterocycles. The molecule has 0 radical (unpaired) electrons. The zero-order valence-corrected chi connectivity index (χ0v) is 49.6. The summed E-state index contributed by atoms with van der Waals surface area (Å²) >= 11 is 0. The summed E-state index contributed by atoms with van der Waals surface area (Å²) in [7, 11) is -9.28. The minimum atomic E-state index is -4.64. The molecule has 5 aromatic rings. The Morgan fingerprint density at radius 2 is 0.697 bits per heavy atom. The van der Waals surface area contributed by atoms with Crippen molar-refractivity contribution in [3.63, 3.8) is 0 Å². The highest BCUT2D eigenvalue weighted by Crippen LogP contribution is 2.56. The number of epoxide rings is 2. The van der Waals surface area contributed by atoms with Crippen LogP contribution in [-0.4, -0.2) is 78.2 Å². The summed E-state index contributed by atoms with van der Waals surface area (Å²) in [5.41, 5.74) is 12.7. The monoisotopic (exact) mass is 1090 g/mol. The van der Waals surface area contributed by atoms with Gasteiger partial charge in [0.25, 0.3) is 0 Å². The van der Waals surface area contributed by atoms with E-state index in [9.17, 15) is 10.2 Å². The maximum absolute atomic E-state index is 13.3. The van der Waals surface area contributed by atoms with E-state index < -0.39 is 15.6 Å². The number of ether oxygens (including phenoxy) is 4. The minimum Gasteiger partial charge on any atom is -0.507 e. The van der Waals surface area contributed by atoms with Gasteiger partial charge in [0.05, 0.1) is 18.8 Å². The van der Waals surface area contributed by atoms with Crippen LogP contribution >= 0.6 is 15.6 Å². The molecule has 5 aromatic carbocycles. The number of hydrogen-bond donors (Lipinski definition) is 8. The molecule has 76 heavy (non-hydrogen) atoms. The van der Waals surface area contributed by atoms with Gasteiger partial charge in [-0.15, -0.1) is 0 Å². The molecule has 2 aliphatic rings. The third-order valence-corrected chi connectivity index (χ3v) is 12.9. The van der Waals surface area contributed by atoms with Crippen LogP contribution in [0, 0.1) is 0 Å². The first-order chi connectivity index (χ1) is 34.4. The van der Waals surface area contributed by atoms with Gasteiger partial charge in [0.2, 0.25) is 0 Å². The van der Waals surface area contributed by atoms with Crippen LogP contribution in [0.15, 0.2) is 72.8 Å². The van der Waals surface area contributed by atoms with Gasteiger partial charge < -0.3 is 58.5 Å². The molecular formula is C60H84O14P2. The molecule has 0 aromatic heterocycles. The molecule has 7 rings (SSSR count). The van der Waals surface area contributed by atoms with Crippen molar-refractivity contribution in [1.82, 2.24) is 0 Å². The molecule has 2 atom stereocenters. The number of rotatable bonds is 10. The Morgan fingerprint density at radius 3 is 0.987 bits per heavy atom. The fraction of sp³-hybridized carbons (Fsp3) is 0.500. The van der Waals surface area contributed by atoms with Gasteiger partial charge in [0, 0.05) is 5.56 Å². The molecule has 2 unspecified atom stereocenters. The van der Waals surface area contributed by atoms with E-state index in [1.165, 1.54) is 27.8 Å². The van der Waals surface area contributed by atoms with Gasteiger partial charge >= 0.3 is 15.6 Å². The van der Waals surface area contributed by atoms with E-state index in [2.05, 4.69) is 173 Å². The average molecular weight is 1090 g/mol. The highest BCUT2D eigenvalue weighted by atomic mass is 31.2. The largest absolute Gasteiger partial charge is 0.507 e. The van der Waals surface area contributed by atoms with Crippen molar-refractivity contribution in [1.29, 1.82) is 0 Å². The summed E-state index contributed by atoms with van der Waals surface area (Å²) in [6.07, 6.45) is 0.334. The van der Waals surface area contributed by atoms with Gasteiger partial charge in [0.15, 0.2) is 0 Å². The summed E-state index contributed by atoms with van der Waals surface area (Å²) in [5.74, 6) is 1.70. The van der Waals surface area contributed by atoms with Crippen molar-refractivity contribution in [3.8, 4) is 67.5 Å². The van der Waals surface area contributed by atoms with E-state index in [1.54, 1.807) is 6.07 Å². The standard InChI is InChI=1S/C60H78O6.2H3O4P/c1-55(2,3)48-42(35-19-23-37(24-20-35)63-31-39-33-65-39)29-44(50(57(7,8)9)52(48)59(13,14)15)41-27-28-46(61)47(54(41)62)45-30-43(36-21-25-38(26-22-36)64-32-40-34-66-40)49(56(4,5)6)53(60(16,17)18)51(45)58(10,11)12;2*1-5(2,3)4/h19-30,39-40,61-62H,31-34H2,1-18H3;2*(H3,1,2,3,4). The lowest BCUT2D eigenvalue weighted by Gasteiger charge is -2.40. The third-order valence-electron chi connectivity index (χ3n) is 12.9. The molecule has 8 N–H and O–H groups in total. The highest BCUT2D eigenvalue weighted by Gasteiger charge is 2.40. The predicted octanol–water partition coefficient (Wildman–Crippen LogP) is 13.2. The van der Waals surface area contributed by atoms with E-state index in [0.29, 0.717) is 24.3 Å². The molecule has 14 nitrogen and oxygen atoms in total. The average Bonchev–Trinajstić information content (AvgIpc) is 4.18. The first-order valence-electron chi connectivity index (χ1n) is 25.6. The predicted molar refractivity (Wildman–Crippen MR) is 303 cm³/mol. The number of hydrogen-bond acceptors (Lipinski definition) is 8. The van der Waals surface area contributed by atoms with Crippen LogP contribution in [0.2, 0.25) is 0 Å². The van der Waals surface area contributed by atoms with Crippen molar-refractivity contribution in [2.24, 2.45) is 0 Å². The van der Waals surface area contributed by atoms with E-state index in [4.69, 9.17) is 57.4 Å². The summed E-state index contributed by atoms with van der Waals surface area (Å²) in [6, 6.07) is 25.0. The molecule has 2 aliphatic heterocycles. The second-order valence-corrected chi connectivity index (χ2v) is 28.2. The van der Waals surface area contributed by atoms with E-state index in [1.807, 2.05) is 18.2 Å². The molecule has 2 saturated heterocycles. The van der Waals surface area contributed by atoms with Gasteiger partial charge in [0.1, 0.15) is 48.4 Å². The number of phenols is 2. The Kier molecular flexibility index (Phi) is 18.3. The summed E-state index contributed by atoms with van der Waals surface area (Å²) in [5, 5.41) is 25.6. The second-order valence-electron chi connectivity index (χ2n) is 26.2. The Labute approximate surface area is 451 Å². The van der Waals surface area contributed by atoms with Crippen LogP contribution in [-0.2, 0) is 51.1 Å². The van der Waals surface area contributed by atoms with Crippen molar-refractivity contribution in [2.75, 3.05) is 26.4 Å². The first-order valence-corrected chi connectivity index (χ1v) is 28.8. The second kappa shape index (κ2) is 22.3. The Bertz CT molecular complexity index is 2920. The lowest BCUT2D eigenvalue weighted by molar-refractivity contribution is 0.263. The Hall–Kier alpha value is -4.56. The molecule has 2 fully saturated rings. The molecule has 0 saturated carbocycles. The third kappa shape index (κ3) is 16.5. The molecular weight excluding hydrogens is 1010 g/mol. The number of benzene rings is 5. The fourth-order valence-corrected chi connectivity index (χ4v) is 10.1. The van der Waals surface area contributed by atoms with E-state index in [0.717, 1.165) is 63.7 Å². The van der Waals surface area contributed by atoms with Crippen molar-refractivity contribution in [3.05, 3.63) is 106 Å². The van der Waals surface area contributed by atoms with Gasteiger partial charge in [-0.2, -0.15) is 0 Å². The smallest absolute Gasteiger partial charge is 0.466 e. The molecule has 0 spiro atoms. The first kappa shape index (κ1) is 62.3. The fourth-order valence-electron chi connectivity index (χ4n) is 10.1. The van der Waals surface area contributed by atoms with E-state index >= 15 is 0 Å². The normalized spacial score (nSPS) is 16.3. The van der Waals surface area contributed by atoms with Crippen LogP contribution in [0.5, 0.6) is 23.0 Å². The zero-order chi connectivity index (χ0) is 57.7. The lowest BCUT2D eigenvalue weighted by Crippen LogP contribution is -2.30. The number of aromatic hydroxyl groups is 2. The molecule has 0 bridgehead atoms. The minimum absolute atomic E-state index is 0.0363. The zero-order valence-electron chi connectivity index (χ0n) is 47.8. The van der Waals surface area contributed by atoms with Crippen LogP contribution in [0.1, 0.15) is 158 Å². The molecule has 16 heteroatoms. The number of phosphoric acid groups is 2. The summed E-state index contributed by atoms with van der Waals surface area (Å²) < 4.78 is 40.8.